The van der Waals surface area contributed by atoms with Crippen molar-refractivity contribution in [3.8, 4) is 0 Å². The van der Waals surface area contributed by atoms with Crippen molar-refractivity contribution >= 4 is 39.4 Å². The maximum Gasteiger partial charge on any atom is 0.315 e. The standard InChI is InChI=1S/C34H51N5O7S/c1-19-13-15-21(16-14-19)47(45,46)18-35-29(42)26(40)24(20-11-10-12-20)36-28(41)25-23-22(34(23,8)9)17-39(25)30(43)27(32(2,3)4)37-31(44)38-33(5,6)7/h13-16,20,22-25,27H,10-12,17-18H2,1-9H3,(H,35,42)(H,36,41)(H2,37,38,44)/t22?,23?,24?,25-,27+/m0/s1. The topological polar surface area (TPSA) is 171 Å². The number of sulfone groups is 1. The molecule has 3 unspecified atom stereocenters. The van der Waals surface area contributed by atoms with Crippen molar-refractivity contribution in [2.75, 3.05) is 12.4 Å². The third kappa shape index (κ3) is 7.98. The molecule has 3 fully saturated rings. The molecule has 1 heterocycles. The lowest BCUT2D eigenvalue weighted by Gasteiger charge is -2.39. The highest BCUT2D eigenvalue weighted by Crippen LogP contribution is 2.65. The second-order valence-electron chi connectivity index (χ2n) is 16.2. The number of amides is 5. The number of Topliss-reactive ketones (excluding diaryl/α,β-unsaturated/α-hetero) is 1. The number of aryl methyl sites for hydroxylation is 1. The van der Waals surface area contributed by atoms with Gasteiger partial charge in [0, 0.05) is 12.1 Å². The van der Waals surface area contributed by atoms with Crippen molar-refractivity contribution in [3.63, 3.8) is 0 Å². The molecule has 0 radical (unpaired) electrons. The molecule has 5 atom stereocenters. The fraction of sp³-hybridized carbons (Fsp3) is 0.676. The largest absolute Gasteiger partial charge is 0.344 e. The lowest BCUT2D eigenvalue weighted by Crippen LogP contribution is -2.62. The van der Waals surface area contributed by atoms with Gasteiger partial charge in [0.2, 0.25) is 17.6 Å². The normalized spacial score (nSPS) is 23.4. The van der Waals surface area contributed by atoms with E-state index >= 15 is 0 Å². The van der Waals surface area contributed by atoms with Gasteiger partial charge < -0.3 is 26.2 Å². The molecule has 2 aliphatic carbocycles. The minimum absolute atomic E-state index is 0.0197. The first kappa shape index (κ1) is 36.4. The summed E-state index contributed by atoms with van der Waals surface area (Å²) in [5, 5.41) is 10.7. The lowest BCUT2D eigenvalue weighted by molar-refractivity contribution is -0.146. The van der Waals surface area contributed by atoms with Crippen LogP contribution in [0.2, 0.25) is 0 Å². The molecular weight excluding hydrogens is 622 g/mol. The van der Waals surface area contributed by atoms with Gasteiger partial charge in [0.25, 0.3) is 5.91 Å². The van der Waals surface area contributed by atoms with Crippen LogP contribution >= 0.6 is 0 Å². The van der Waals surface area contributed by atoms with Crippen molar-refractivity contribution in [1.29, 1.82) is 0 Å². The van der Waals surface area contributed by atoms with Crippen LogP contribution in [0, 0.1) is 35.5 Å². The Morgan fingerprint density at radius 3 is 2.06 bits per heavy atom. The minimum atomic E-state index is -3.90. The van der Waals surface area contributed by atoms with Gasteiger partial charge in [-0.25, -0.2) is 13.2 Å². The smallest absolute Gasteiger partial charge is 0.315 e. The van der Waals surface area contributed by atoms with Crippen LogP contribution in [0.5, 0.6) is 0 Å². The molecule has 13 heteroatoms. The van der Waals surface area contributed by atoms with Crippen molar-refractivity contribution in [2.45, 2.75) is 110 Å². The predicted octanol–water partition coefficient (Wildman–Crippen LogP) is 2.69. The zero-order valence-electron chi connectivity index (χ0n) is 29.0. The number of fused-ring (bicyclic) bond motifs is 1. The van der Waals surface area contributed by atoms with Gasteiger partial charge >= 0.3 is 6.03 Å². The second-order valence-corrected chi connectivity index (χ2v) is 18.1. The Labute approximate surface area is 278 Å². The minimum Gasteiger partial charge on any atom is -0.344 e. The van der Waals surface area contributed by atoms with Crippen LogP contribution in [0.3, 0.4) is 0 Å². The Hall–Kier alpha value is -3.48. The van der Waals surface area contributed by atoms with Crippen LogP contribution in [0.15, 0.2) is 29.2 Å². The first-order valence-corrected chi connectivity index (χ1v) is 18.0. The van der Waals surface area contributed by atoms with E-state index in [0.29, 0.717) is 19.4 Å². The molecule has 0 bridgehead atoms. The number of piperidine rings is 1. The van der Waals surface area contributed by atoms with Gasteiger partial charge in [0.15, 0.2) is 9.84 Å². The average molecular weight is 674 g/mol. The number of rotatable bonds is 10. The Bertz CT molecular complexity index is 1520. The van der Waals surface area contributed by atoms with E-state index in [9.17, 15) is 32.4 Å². The third-order valence-corrected chi connectivity index (χ3v) is 11.4. The molecule has 4 rings (SSSR count). The lowest BCUT2D eigenvalue weighted by atomic mass is 9.77. The van der Waals surface area contributed by atoms with Crippen molar-refractivity contribution in [2.24, 2.45) is 28.6 Å². The first-order valence-electron chi connectivity index (χ1n) is 16.4. The van der Waals surface area contributed by atoms with Crippen molar-refractivity contribution in [3.05, 3.63) is 29.8 Å². The zero-order chi connectivity index (χ0) is 35.3. The Morgan fingerprint density at radius 1 is 0.957 bits per heavy atom. The van der Waals surface area contributed by atoms with E-state index in [2.05, 4.69) is 21.3 Å². The number of nitrogens with one attached hydrogen (secondary N) is 4. The van der Waals surface area contributed by atoms with E-state index in [1.807, 2.05) is 62.3 Å². The molecule has 4 N–H and O–H groups in total. The number of ketones is 1. The van der Waals surface area contributed by atoms with Crippen LogP contribution in [-0.4, -0.2) is 78.9 Å². The molecule has 47 heavy (non-hydrogen) atoms. The molecule has 1 aromatic rings. The molecule has 1 aromatic carbocycles. The van der Waals surface area contributed by atoms with Gasteiger partial charge in [-0.05, 0) is 81.3 Å². The van der Waals surface area contributed by atoms with Crippen LogP contribution in [0.1, 0.15) is 80.2 Å². The van der Waals surface area contributed by atoms with Gasteiger partial charge in [-0.15, -0.1) is 0 Å². The number of carbonyl (C=O) groups is 5. The molecule has 1 saturated heterocycles. The van der Waals surface area contributed by atoms with E-state index in [0.717, 1.165) is 12.0 Å². The third-order valence-electron chi connectivity index (χ3n) is 9.87. The molecule has 0 spiro atoms. The van der Waals surface area contributed by atoms with Gasteiger partial charge in [-0.2, -0.15) is 0 Å². The summed E-state index contributed by atoms with van der Waals surface area (Å²) >= 11 is 0. The molecule has 12 nitrogen and oxygen atoms in total. The SMILES string of the molecule is Cc1ccc(S(=O)(=O)CNC(=O)C(=O)C(NC(=O)[C@@H]2C3C(CN2C(=O)[C@@H](NC(=O)NC(C)(C)C)C(C)(C)C)C3(C)C)C2CCC2)cc1. The van der Waals surface area contributed by atoms with Crippen molar-refractivity contribution in [1.82, 2.24) is 26.2 Å². The summed E-state index contributed by atoms with van der Waals surface area (Å²) in [6.45, 7) is 17.2. The monoisotopic (exact) mass is 673 g/mol. The number of hydrogen-bond acceptors (Lipinski definition) is 7. The Morgan fingerprint density at radius 2 is 1.55 bits per heavy atom. The summed E-state index contributed by atoms with van der Waals surface area (Å²) in [7, 11) is -3.90. The number of hydrogen-bond donors (Lipinski definition) is 4. The second kappa shape index (κ2) is 12.9. The van der Waals surface area contributed by atoms with Gasteiger partial charge in [-0.3, -0.25) is 19.2 Å². The molecular formula is C34H51N5O7S. The first-order chi connectivity index (χ1) is 21.5. The summed E-state index contributed by atoms with van der Waals surface area (Å²) in [4.78, 5) is 69.1. The molecule has 0 aromatic heterocycles. The average Bonchev–Trinajstić information content (AvgIpc) is 3.24. The van der Waals surface area contributed by atoms with Crippen LogP contribution in [-0.2, 0) is 29.0 Å². The highest BCUT2D eigenvalue weighted by atomic mass is 32.2. The summed E-state index contributed by atoms with van der Waals surface area (Å²) < 4.78 is 25.6. The van der Waals surface area contributed by atoms with Crippen LogP contribution in [0.25, 0.3) is 0 Å². The van der Waals surface area contributed by atoms with E-state index in [1.54, 1.807) is 12.1 Å². The molecule has 1 aliphatic heterocycles. The Kier molecular flexibility index (Phi) is 9.94. The summed E-state index contributed by atoms with van der Waals surface area (Å²) in [6.07, 6.45) is 2.07. The number of benzene rings is 1. The molecule has 260 valence electrons. The summed E-state index contributed by atoms with van der Waals surface area (Å²) in [6, 6.07) is 2.66. The van der Waals surface area contributed by atoms with E-state index < -0.39 is 74.3 Å². The number of carbonyl (C=O) groups excluding carboxylic acids is 5. The van der Waals surface area contributed by atoms with E-state index in [-0.39, 0.29) is 28.1 Å². The quantitative estimate of drug-likeness (QED) is 0.277. The number of urea groups is 1. The number of likely N-dealkylation sites (tertiary alicyclic amines) is 1. The maximum atomic E-state index is 14.1. The fourth-order valence-corrected chi connectivity index (χ4v) is 7.80. The van der Waals surface area contributed by atoms with Gasteiger partial charge in [0.05, 0.1) is 4.90 Å². The summed E-state index contributed by atoms with van der Waals surface area (Å²) in [5.41, 5.74) is -0.554. The predicted molar refractivity (Wildman–Crippen MR) is 177 cm³/mol. The maximum absolute atomic E-state index is 14.1. The van der Waals surface area contributed by atoms with Crippen LogP contribution in [0.4, 0.5) is 4.79 Å². The van der Waals surface area contributed by atoms with Gasteiger partial charge in [-0.1, -0.05) is 58.7 Å². The van der Waals surface area contributed by atoms with Crippen LogP contribution < -0.4 is 21.3 Å². The van der Waals surface area contributed by atoms with Crippen molar-refractivity contribution < 1.29 is 32.4 Å². The fourth-order valence-electron chi connectivity index (χ4n) is 6.76. The molecule has 5 amide bonds. The van der Waals surface area contributed by atoms with E-state index in [4.69, 9.17) is 0 Å². The van der Waals surface area contributed by atoms with E-state index in [1.165, 1.54) is 17.0 Å². The zero-order valence-corrected chi connectivity index (χ0v) is 29.8. The highest BCUT2D eigenvalue weighted by Gasteiger charge is 2.70. The number of nitrogens with zero attached hydrogens (tertiary/aromatic N) is 1. The van der Waals surface area contributed by atoms with Gasteiger partial charge in [0.1, 0.15) is 24.0 Å². The highest BCUT2D eigenvalue weighted by molar-refractivity contribution is 7.91. The molecule has 2 saturated carbocycles. The Balaban J connectivity index is 1.51. The molecule has 3 aliphatic rings. The summed E-state index contributed by atoms with van der Waals surface area (Å²) in [5.74, 6) is -4.10.